The van der Waals surface area contributed by atoms with E-state index < -0.39 is 0 Å². The van der Waals surface area contributed by atoms with Crippen LogP contribution in [0, 0.1) is 0 Å². The number of hydrogen-bond donors (Lipinski definition) is 2. The molecule has 0 saturated carbocycles. The molecule has 2 aromatic carbocycles. The minimum atomic E-state index is -0.207. The molecule has 0 spiro atoms. The van der Waals surface area contributed by atoms with Crippen LogP contribution in [0.15, 0.2) is 53.4 Å². The van der Waals surface area contributed by atoms with Gasteiger partial charge >= 0.3 is 0 Å². The Morgan fingerprint density at radius 1 is 1.09 bits per heavy atom. The monoisotopic (exact) mass is 328 g/mol. The molecule has 3 N–H and O–H groups in total. The first-order chi connectivity index (χ1) is 11.0. The first-order valence-corrected chi connectivity index (χ1v) is 9.02. The van der Waals surface area contributed by atoms with E-state index in [9.17, 15) is 4.79 Å². The van der Waals surface area contributed by atoms with Gasteiger partial charge in [-0.15, -0.1) is 11.8 Å². The summed E-state index contributed by atoms with van der Waals surface area (Å²) in [7, 11) is 0. The molecule has 1 amide bonds. The highest BCUT2D eigenvalue weighted by atomic mass is 32.2. The Balaban J connectivity index is 1.98. The van der Waals surface area contributed by atoms with Gasteiger partial charge in [0, 0.05) is 17.5 Å². The zero-order valence-corrected chi connectivity index (χ0v) is 14.7. The van der Waals surface area contributed by atoms with Crippen LogP contribution in [-0.4, -0.2) is 18.7 Å². The Bertz CT molecular complexity index is 653. The summed E-state index contributed by atoms with van der Waals surface area (Å²) in [4.78, 5) is 13.3. The predicted molar refractivity (Wildman–Crippen MR) is 98.0 cm³/mol. The van der Waals surface area contributed by atoms with Gasteiger partial charge in [-0.2, -0.15) is 0 Å². The number of amides is 1. The standard InChI is InChI=1S/C19H24N2OS/c1-13(2)14-8-10-15(11-9-14)17(20)12-21-19(22)16-6-4-5-7-18(16)23-3/h4-11,13,17H,12,20H2,1-3H3,(H,21,22). The molecule has 3 nitrogen and oxygen atoms in total. The molecule has 0 aromatic heterocycles. The molecule has 0 aliphatic rings. The number of hydrogen-bond acceptors (Lipinski definition) is 3. The van der Waals surface area contributed by atoms with Gasteiger partial charge in [-0.3, -0.25) is 4.79 Å². The predicted octanol–water partition coefficient (Wildman–Crippen LogP) is 3.96. The van der Waals surface area contributed by atoms with Crippen LogP contribution in [0.3, 0.4) is 0 Å². The van der Waals surface area contributed by atoms with Crippen LogP contribution >= 0.6 is 11.8 Å². The second-order valence-corrected chi connectivity index (χ2v) is 6.69. The normalized spacial score (nSPS) is 12.2. The first-order valence-electron chi connectivity index (χ1n) is 7.79. The maximum atomic E-state index is 12.3. The van der Waals surface area contributed by atoms with E-state index in [1.54, 1.807) is 11.8 Å². The number of thioether (sulfide) groups is 1. The van der Waals surface area contributed by atoms with Gasteiger partial charge in [-0.25, -0.2) is 0 Å². The Labute approximate surface area is 142 Å². The van der Waals surface area contributed by atoms with Crippen LogP contribution in [0.5, 0.6) is 0 Å². The van der Waals surface area contributed by atoms with Crippen molar-refractivity contribution in [1.82, 2.24) is 5.32 Å². The van der Waals surface area contributed by atoms with Gasteiger partial charge in [0.2, 0.25) is 0 Å². The second-order valence-electron chi connectivity index (χ2n) is 5.84. The number of nitrogens with one attached hydrogen (secondary N) is 1. The first kappa shape index (κ1) is 17.6. The third-order valence-corrected chi connectivity index (χ3v) is 4.66. The summed E-state index contributed by atoms with van der Waals surface area (Å²) in [6.45, 7) is 4.75. The summed E-state index contributed by atoms with van der Waals surface area (Å²) >= 11 is 1.57. The highest BCUT2D eigenvalue weighted by molar-refractivity contribution is 7.98. The fourth-order valence-electron chi connectivity index (χ4n) is 2.38. The molecule has 0 fully saturated rings. The number of nitrogens with two attached hydrogens (primary N) is 1. The fourth-order valence-corrected chi connectivity index (χ4v) is 2.97. The van der Waals surface area contributed by atoms with Gasteiger partial charge in [0.1, 0.15) is 0 Å². The SMILES string of the molecule is CSc1ccccc1C(=O)NCC(N)c1ccc(C(C)C)cc1. The molecule has 0 aliphatic heterocycles. The molecule has 0 radical (unpaired) electrons. The van der Waals surface area contributed by atoms with Crippen LogP contribution in [-0.2, 0) is 0 Å². The van der Waals surface area contributed by atoms with Crippen LogP contribution in [0.4, 0.5) is 0 Å². The topological polar surface area (TPSA) is 55.1 Å². The molecular formula is C19H24N2OS. The van der Waals surface area contributed by atoms with Crippen molar-refractivity contribution in [2.24, 2.45) is 5.73 Å². The van der Waals surface area contributed by atoms with Gasteiger partial charge in [0.15, 0.2) is 0 Å². The van der Waals surface area contributed by atoms with E-state index in [0.29, 0.717) is 18.0 Å². The van der Waals surface area contributed by atoms with Gasteiger partial charge in [-0.1, -0.05) is 50.2 Å². The van der Waals surface area contributed by atoms with Crippen LogP contribution < -0.4 is 11.1 Å². The van der Waals surface area contributed by atoms with E-state index in [1.807, 2.05) is 42.7 Å². The van der Waals surface area contributed by atoms with Crippen molar-refractivity contribution in [3.8, 4) is 0 Å². The number of carbonyl (C=O) groups excluding carboxylic acids is 1. The van der Waals surface area contributed by atoms with Crippen molar-refractivity contribution < 1.29 is 4.79 Å². The van der Waals surface area contributed by atoms with Gasteiger partial charge < -0.3 is 11.1 Å². The van der Waals surface area contributed by atoms with E-state index in [4.69, 9.17) is 5.73 Å². The smallest absolute Gasteiger partial charge is 0.252 e. The molecule has 0 bridgehead atoms. The zero-order chi connectivity index (χ0) is 16.8. The minimum absolute atomic E-state index is 0.0794. The van der Waals surface area contributed by atoms with Crippen molar-refractivity contribution in [2.75, 3.05) is 12.8 Å². The van der Waals surface area contributed by atoms with Crippen molar-refractivity contribution in [2.45, 2.75) is 30.7 Å². The summed E-state index contributed by atoms with van der Waals surface area (Å²) in [6, 6.07) is 15.7. The molecule has 4 heteroatoms. The molecule has 0 saturated heterocycles. The quantitative estimate of drug-likeness (QED) is 0.789. The van der Waals surface area contributed by atoms with Gasteiger partial charge in [0.05, 0.1) is 5.56 Å². The van der Waals surface area contributed by atoms with Crippen LogP contribution in [0.1, 0.15) is 47.3 Å². The Hall–Kier alpha value is -1.78. The van der Waals surface area contributed by atoms with Crippen molar-refractivity contribution in [1.29, 1.82) is 0 Å². The molecule has 0 aliphatic carbocycles. The lowest BCUT2D eigenvalue weighted by Crippen LogP contribution is -2.32. The van der Waals surface area contributed by atoms with Crippen molar-refractivity contribution in [3.63, 3.8) is 0 Å². The molecule has 0 heterocycles. The van der Waals surface area contributed by atoms with E-state index in [0.717, 1.165) is 10.5 Å². The van der Waals surface area contributed by atoms with E-state index in [1.165, 1.54) is 5.56 Å². The van der Waals surface area contributed by atoms with Gasteiger partial charge in [-0.05, 0) is 35.4 Å². The summed E-state index contributed by atoms with van der Waals surface area (Å²) in [5.41, 5.74) is 9.22. The molecule has 2 aromatic rings. The molecule has 1 unspecified atom stereocenters. The Kier molecular flexibility index (Phi) is 6.25. The molecular weight excluding hydrogens is 304 g/mol. The van der Waals surface area contributed by atoms with Crippen LogP contribution in [0.2, 0.25) is 0 Å². The van der Waals surface area contributed by atoms with E-state index in [-0.39, 0.29) is 11.9 Å². The summed E-state index contributed by atoms with van der Waals surface area (Å²) in [5.74, 6) is 0.423. The number of rotatable bonds is 6. The second kappa shape index (κ2) is 8.18. The number of carbonyl (C=O) groups is 1. The third-order valence-electron chi connectivity index (χ3n) is 3.87. The maximum absolute atomic E-state index is 12.3. The fraction of sp³-hybridized carbons (Fsp3) is 0.316. The minimum Gasteiger partial charge on any atom is -0.350 e. The van der Waals surface area contributed by atoms with E-state index >= 15 is 0 Å². The molecule has 1 atom stereocenters. The molecule has 122 valence electrons. The summed E-state index contributed by atoms with van der Waals surface area (Å²) in [6.07, 6.45) is 1.97. The lowest BCUT2D eigenvalue weighted by atomic mass is 9.99. The zero-order valence-electron chi connectivity index (χ0n) is 13.9. The third kappa shape index (κ3) is 4.60. The molecule has 23 heavy (non-hydrogen) atoms. The highest BCUT2D eigenvalue weighted by Gasteiger charge is 2.12. The number of benzene rings is 2. The van der Waals surface area contributed by atoms with Crippen molar-refractivity contribution in [3.05, 3.63) is 65.2 Å². The largest absolute Gasteiger partial charge is 0.350 e. The highest BCUT2D eigenvalue weighted by Crippen LogP contribution is 2.20. The molecule has 2 rings (SSSR count). The van der Waals surface area contributed by atoms with E-state index in [2.05, 4.69) is 31.3 Å². The Morgan fingerprint density at radius 3 is 2.30 bits per heavy atom. The lowest BCUT2D eigenvalue weighted by Gasteiger charge is -2.15. The average molecular weight is 328 g/mol. The summed E-state index contributed by atoms with van der Waals surface area (Å²) in [5, 5.41) is 2.93. The maximum Gasteiger partial charge on any atom is 0.252 e. The lowest BCUT2D eigenvalue weighted by molar-refractivity contribution is 0.0948. The Morgan fingerprint density at radius 2 is 1.70 bits per heavy atom. The van der Waals surface area contributed by atoms with Crippen LogP contribution in [0.25, 0.3) is 0 Å². The summed E-state index contributed by atoms with van der Waals surface area (Å²) < 4.78 is 0. The van der Waals surface area contributed by atoms with Crippen molar-refractivity contribution >= 4 is 17.7 Å². The average Bonchev–Trinajstić information content (AvgIpc) is 2.59. The van der Waals surface area contributed by atoms with Gasteiger partial charge in [0.25, 0.3) is 5.91 Å².